The van der Waals surface area contributed by atoms with Gasteiger partial charge in [-0.05, 0) is 50.1 Å². The molecule has 3 aromatic rings. The molecular weight excluding hydrogens is 612 g/mol. The summed E-state index contributed by atoms with van der Waals surface area (Å²) in [6, 6.07) is 20.5. The Hall–Kier alpha value is -3.77. The molecule has 3 aromatic carbocycles. The summed E-state index contributed by atoms with van der Waals surface area (Å²) in [4.78, 5) is 39.8. The quantitative estimate of drug-likeness (QED) is 0.238. The third-order valence-corrected chi connectivity index (χ3v) is 7.71. The van der Waals surface area contributed by atoms with Crippen molar-refractivity contribution in [3.63, 3.8) is 0 Å². The molecule has 0 saturated carbocycles. The van der Waals surface area contributed by atoms with Crippen molar-refractivity contribution in [1.29, 1.82) is 0 Å². The van der Waals surface area contributed by atoms with Crippen LogP contribution >= 0.6 is 15.9 Å². The maximum Gasteiger partial charge on any atom is 0.271 e. The Balaban J connectivity index is 2.09. The molecular formula is C29H33BrN4O6S. The van der Waals surface area contributed by atoms with Crippen LogP contribution in [0, 0.1) is 10.1 Å². The van der Waals surface area contributed by atoms with Crippen molar-refractivity contribution >= 4 is 49.1 Å². The molecule has 0 heterocycles. The van der Waals surface area contributed by atoms with E-state index in [9.17, 15) is 28.1 Å². The van der Waals surface area contributed by atoms with Crippen LogP contribution in [0.3, 0.4) is 0 Å². The zero-order valence-electron chi connectivity index (χ0n) is 23.3. The van der Waals surface area contributed by atoms with Crippen LogP contribution in [0.5, 0.6) is 0 Å². The van der Waals surface area contributed by atoms with Crippen molar-refractivity contribution in [2.75, 3.05) is 17.1 Å². The van der Waals surface area contributed by atoms with Crippen molar-refractivity contribution in [3.8, 4) is 0 Å². The number of nitrogens with one attached hydrogen (secondary N) is 1. The van der Waals surface area contributed by atoms with Gasteiger partial charge in [0.15, 0.2) is 0 Å². The van der Waals surface area contributed by atoms with E-state index in [1.54, 1.807) is 12.1 Å². The van der Waals surface area contributed by atoms with Crippen LogP contribution in [0.1, 0.15) is 31.9 Å². The van der Waals surface area contributed by atoms with Gasteiger partial charge in [-0.15, -0.1) is 0 Å². The minimum Gasteiger partial charge on any atom is -0.350 e. The molecule has 3 rings (SSSR count). The Morgan fingerprint density at radius 1 is 0.976 bits per heavy atom. The van der Waals surface area contributed by atoms with Crippen molar-refractivity contribution in [3.05, 3.63) is 105 Å². The summed E-state index contributed by atoms with van der Waals surface area (Å²) >= 11 is 3.40. The second-order valence-electron chi connectivity index (χ2n) is 10.6. The van der Waals surface area contributed by atoms with Crippen molar-refractivity contribution in [2.24, 2.45) is 0 Å². The first-order valence-electron chi connectivity index (χ1n) is 12.8. The van der Waals surface area contributed by atoms with Gasteiger partial charge in [0.25, 0.3) is 5.69 Å². The van der Waals surface area contributed by atoms with E-state index in [4.69, 9.17) is 0 Å². The average Bonchev–Trinajstić information content (AvgIpc) is 2.89. The zero-order valence-corrected chi connectivity index (χ0v) is 25.7. The number of rotatable bonds is 11. The molecule has 0 aliphatic carbocycles. The van der Waals surface area contributed by atoms with Crippen LogP contribution in [0.15, 0.2) is 83.3 Å². The van der Waals surface area contributed by atoms with Gasteiger partial charge in [-0.2, -0.15) is 0 Å². The van der Waals surface area contributed by atoms with Crippen molar-refractivity contribution in [2.45, 2.75) is 45.3 Å². The molecule has 0 bridgehead atoms. The molecule has 0 aliphatic heterocycles. The highest BCUT2D eigenvalue weighted by Gasteiger charge is 2.34. The minimum atomic E-state index is -4.04. The van der Waals surface area contributed by atoms with Gasteiger partial charge in [0.1, 0.15) is 12.6 Å². The third-order valence-electron chi connectivity index (χ3n) is 6.04. The molecule has 0 spiro atoms. The van der Waals surface area contributed by atoms with Crippen LogP contribution in [0.25, 0.3) is 0 Å². The molecule has 1 N–H and O–H groups in total. The molecule has 0 fully saturated rings. The van der Waals surface area contributed by atoms with Gasteiger partial charge >= 0.3 is 0 Å². The van der Waals surface area contributed by atoms with E-state index in [1.165, 1.54) is 23.1 Å². The summed E-state index contributed by atoms with van der Waals surface area (Å²) in [5.74, 6) is -1.04. The van der Waals surface area contributed by atoms with Gasteiger partial charge < -0.3 is 10.2 Å². The Kier molecular flexibility index (Phi) is 10.3. The summed E-state index contributed by atoms with van der Waals surface area (Å²) in [5, 5.41) is 14.3. The number of nitro benzene ring substituents is 1. The number of amides is 2. The maximum atomic E-state index is 14.1. The Morgan fingerprint density at radius 2 is 1.61 bits per heavy atom. The number of hydrogen-bond donors (Lipinski definition) is 1. The molecule has 2 amide bonds. The van der Waals surface area contributed by atoms with Crippen LogP contribution < -0.4 is 9.62 Å². The number of halogens is 1. The van der Waals surface area contributed by atoms with E-state index < -0.39 is 44.9 Å². The molecule has 10 nitrogen and oxygen atoms in total. The first-order chi connectivity index (χ1) is 19.1. The van der Waals surface area contributed by atoms with Gasteiger partial charge in [-0.1, -0.05) is 64.5 Å². The third kappa shape index (κ3) is 9.39. The van der Waals surface area contributed by atoms with Crippen molar-refractivity contribution in [1.82, 2.24) is 10.2 Å². The number of benzene rings is 3. The molecule has 41 heavy (non-hydrogen) atoms. The second kappa shape index (κ2) is 13.3. The fourth-order valence-corrected chi connectivity index (χ4v) is 5.27. The Morgan fingerprint density at radius 3 is 2.17 bits per heavy atom. The molecule has 12 heteroatoms. The second-order valence-corrected chi connectivity index (χ2v) is 13.5. The van der Waals surface area contributed by atoms with E-state index in [0.29, 0.717) is 0 Å². The molecule has 0 aromatic heterocycles. The first kappa shape index (κ1) is 31.8. The van der Waals surface area contributed by atoms with Crippen LogP contribution in [-0.2, 0) is 32.6 Å². The van der Waals surface area contributed by atoms with Crippen LogP contribution in [0.4, 0.5) is 11.4 Å². The van der Waals surface area contributed by atoms with E-state index >= 15 is 0 Å². The molecule has 0 aliphatic rings. The summed E-state index contributed by atoms with van der Waals surface area (Å²) in [7, 11) is -4.04. The number of nitrogens with zero attached hydrogens (tertiary/aromatic N) is 3. The van der Waals surface area contributed by atoms with Gasteiger partial charge in [0, 0.05) is 35.1 Å². The first-order valence-corrected chi connectivity index (χ1v) is 15.4. The number of non-ortho nitro benzene ring substituents is 1. The largest absolute Gasteiger partial charge is 0.350 e. The van der Waals surface area contributed by atoms with Gasteiger partial charge in [-0.25, -0.2) is 8.42 Å². The van der Waals surface area contributed by atoms with Crippen LogP contribution in [-0.4, -0.2) is 54.4 Å². The predicted molar refractivity (Wildman–Crippen MR) is 162 cm³/mol. The highest BCUT2D eigenvalue weighted by Crippen LogP contribution is 2.24. The molecule has 218 valence electrons. The summed E-state index contributed by atoms with van der Waals surface area (Å²) < 4.78 is 27.4. The number of carbonyl (C=O) groups is 2. The highest BCUT2D eigenvalue weighted by molar-refractivity contribution is 9.10. The van der Waals surface area contributed by atoms with E-state index in [-0.39, 0.29) is 24.3 Å². The number of carbonyl (C=O) groups excluding carboxylic acids is 2. The van der Waals surface area contributed by atoms with E-state index in [2.05, 4.69) is 21.2 Å². The normalized spacial score (nSPS) is 12.3. The molecule has 0 unspecified atom stereocenters. The van der Waals surface area contributed by atoms with Gasteiger partial charge in [0.2, 0.25) is 21.8 Å². The monoisotopic (exact) mass is 644 g/mol. The van der Waals surface area contributed by atoms with Crippen LogP contribution in [0.2, 0.25) is 0 Å². The smallest absolute Gasteiger partial charge is 0.271 e. The van der Waals surface area contributed by atoms with E-state index in [0.717, 1.165) is 32.2 Å². The lowest BCUT2D eigenvalue weighted by Gasteiger charge is -2.35. The van der Waals surface area contributed by atoms with Crippen molar-refractivity contribution < 1.29 is 22.9 Å². The number of hydrogen-bond acceptors (Lipinski definition) is 6. The topological polar surface area (TPSA) is 130 Å². The lowest BCUT2D eigenvalue weighted by Crippen LogP contribution is -2.56. The summed E-state index contributed by atoms with van der Waals surface area (Å²) in [6.45, 7) is 4.86. The SMILES string of the molecule is CC(C)(C)NC(=O)[C@H](Cc1ccccc1)N(Cc1ccc(Br)cc1)C(=O)CN(c1cccc([N+](=O)[O-])c1)S(C)(=O)=O. The lowest BCUT2D eigenvalue weighted by molar-refractivity contribution is -0.384. The Labute approximate surface area is 248 Å². The Bertz CT molecular complexity index is 1490. The van der Waals surface area contributed by atoms with Gasteiger partial charge in [-0.3, -0.25) is 24.0 Å². The number of sulfonamides is 1. The predicted octanol–water partition coefficient (Wildman–Crippen LogP) is 4.68. The standard InChI is InChI=1S/C29H33BrN4O6S/c1-29(2,3)31-28(36)26(17-21-9-6-5-7-10-21)32(19-22-13-15-23(30)16-14-22)27(35)20-33(41(4,39)40)24-11-8-12-25(18-24)34(37)38/h5-16,18,26H,17,19-20H2,1-4H3,(H,31,36)/t26-/m0/s1. The summed E-state index contributed by atoms with van der Waals surface area (Å²) in [6.07, 6.45) is 1.10. The number of anilines is 1. The minimum absolute atomic E-state index is 0.0215. The molecule has 1 atom stereocenters. The highest BCUT2D eigenvalue weighted by atomic mass is 79.9. The van der Waals surface area contributed by atoms with E-state index in [1.807, 2.05) is 63.2 Å². The zero-order chi connectivity index (χ0) is 30.4. The lowest BCUT2D eigenvalue weighted by atomic mass is 10.0. The fraction of sp³-hybridized carbons (Fsp3) is 0.310. The average molecular weight is 646 g/mol. The number of nitro groups is 1. The molecule has 0 saturated heterocycles. The molecule has 0 radical (unpaired) electrons. The fourth-order valence-electron chi connectivity index (χ4n) is 4.17. The summed E-state index contributed by atoms with van der Waals surface area (Å²) in [5.41, 5.74) is 0.595. The maximum absolute atomic E-state index is 14.1. The van der Waals surface area contributed by atoms with Gasteiger partial charge in [0.05, 0.1) is 16.9 Å².